The van der Waals surface area contributed by atoms with E-state index in [0.29, 0.717) is 6.04 Å². The highest BCUT2D eigenvalue weighted by atomic mass is 15.2. The Morgan fingerprint density at radius 1 is 1.55 bits per heavy atom. The zero-order valence-corrected chi connectivity index (χ0v) is 7.93. The molecular weight excluding hydrogens is 136 g/mol. The summed E-state index contributed by atoms with van der Waals surface area (Å²) in [5.74, 6) is 0. The lowest BCUT2D eigenvalue weighted by Gasteiger charge is -2.23. The fraction of sp³-hybridized carbons (Fsp3) is 1.00. The molecule has 66 valence electrons. The van der Waals surface area contributed by atoms with Crippen molar-refractivity contribution >= 4 is 0 Å². The van der Waals surface area contributed by atoms with Gasteiger partial charge in [-0.25, -0.2) is 0 Å². The first-order valence-corrected chi connectivity index (χ1v) is 4.67. The molecule has 0 spiro atoms. The number of nitrogens with one attached hydrogen (secondary N) is 1. The summed E-state index contributed by atoms with van der Waals surface area (Å²) >= 11 is 0. The van der Waals surface area contributed by atoms with Gasteiger partial charge in [-0.15, -0.1) is 0 Å². The van der Waals surface area contributed by atoms with Crippen molar-refractivity contribution < 1.29 is 0 Å². The van der Waals surface area contributed by atoms with Gasteiger partial charge in [0.2, 0.25) is 0 Å². The van der Waals surface area contributed by atoms with Crippen LogP contribution in [0.1, 0.15) is 26.7 Å². The monoisotopic (exact) mass is 156 g/mol. The smallest absolute Gasteiger partial charge is 0.0192 e. The largest absolute Gasteiger partial charge is 0.313 e. The molecule has 0 bridgehead atoms. The standard InChI is InChI=1S/C9H20N2/c1-4-9-7-11(3)8(2)5-6-10-9/h8-10H,4-7H2,1-3H3. The summed E-state index contributed by atoms with van der Waals surface area (Å²) in [6.45, 7) is 6.95. The van der Waals surface area contributed by atoms with Crippen LogP contribution >= 0.6 is 0 Å². The Bertz CT molecular complexity index is 114. The number of hydrogen-bond donors (Lipinski definition) is 1. The van der Waals surface area contributed by atoms with E-state index in [1.54, 1.807) is 0 Å². The van der Waals surface area contributed by atoms with Gasteiger partial charge in [0.05, 0.1) is 0 Å². The van der Waals surface area contributed by atoms with Crippen molar-refractivity contribution in [2.45, 2.75) is 38.8 Å². The van der Waals surface area contributed by atoms with Gasteiger partial charge in [-0.3, -0.25) is 0 Å². The summed E-state index contributed by atoms with van der Waals surface area (Å²) in [4.78, 5) is 2.45. The Kier molecular flexibility index (Phi) is 3.34. The van der Waals surface area contributed by atoms with E-state index in [1.165, 1.54) is 25.9 Å². The van der Waals surface area contributed by atoms with Crippen molar-refractivity contribution in [1.82, 2.24) is 10.2 Å². The van der Waals surface area contributed by atoms with Crippen molar-refractivity contribution in [3.05, 3.63) is 0 Å². The molecule has 0 aromatic rings. The van der Waals surface area contributed by atoms with Gasteiger partial charge in [-0.2, -0.15) is 0 Å². The first-order chi connectivity index (χ1) is 5.24. The van der Waals surface area contributed by atoms with Gasteiger partial charge in [0.25, 0.3) is 0 Å². The van der Waals surface area contributed by atoms with E-state index in [4.69, 9.17) is 0 Å². The van der Waals surface area contributed by atoms with E-state index in [-0.39, 0.29) is 0 Å². The summed E-state index contributed by atoms with van der Waals surface area (Å²) < 4.78 is 0. The molecule has 2 unspecified atom stereocenters. The van der Waals surface area contributed by atoms with Crippen molar-refractivity contribution in [3.8, 4) is 0 Å². The molecule has 0 radical (unpaired) electrons. The average molecular weight is 156 g/mol. The average Bonchev–Trinajstić information content (AvgIpc) is 2.15. The van der Waals surface area contributed by atoms with E-state index in [0.717, 1.165) is 6.04 Å². The summed E-state index contributed by atoms with van der Waals surface area (Å²) in [6.07, 6.45) is 2.53. The molecule has 2 nitrogen and oxygen atoms in total. The van der Waals surface area contributed by atoms with Crippen LogP contribution in [-0.4, -0.2) is 37.1 Å². The lowest BCUT2D eigenvalue weighted by atomic mass is 10.2. The molecule has 0 aromatic carbocycles. The molecule has 1 aliphatic rings. The number of likely N-dealkylation sites (N-methyl/N-ethyl adjacent to an activating group) is 1. The van der Waals surface area contributed by atoms with Gasteiger partial charge in [-0.05, 0) is 33.4 Å². The quantitative estimate of drug-likeness (QED) is 0.611. The fourth-order valence-corrected chi connectivity index (χ4v) is 1.58. The highest BCUT2D eigenvalue weighted by molar-refractivity contribution is 4.77. The Balaban J connectivity index is 2.41. The molecule has 1 fully saturated rings. The van der Waals surface area contributed by atoms with Crippen LogP contribution in [0, 0.1) is 0 Å². The third kappa shape index (κ3) is 2.46. The minimum atomic E-state index is 0.713. The SMILES string of the molecule is CCC1CN(C)C(C)CCN1. The molecule has 11 heavy (non-hydrogen) atoms. The molecule has 1 rings (SSSR count). The Morgan fingerprint density at radius 2 is 2.27 bits per heavy atom. The molecule has 0 aliphatic carbocycles. The highest BCUT2D eigenvalue weighted by Crippen LogP contribution is 2.07. The third-order valence-electron chi connectivity index (χ3n) is 2.75. The minimum Gasteiger partial charge on any atom is -0.313 e. The molecule has 1 heterocycles. The van der Waals surface area contributed by atoms with Gasteiger partial charge < -0.3 is 10.2 Å². The summed E-state index contributed by atoms with van der Waals surface area (Å²) in [5.41, 5.74) is 0. The summed E-state index contributed by atoms with van der Waals surface area (Å²) in [6, 6.07) is 1.46. The molecular formula is C9H20N2. The zero-order chi connectivity index (χ0) is 8.27. The molecule has 1 saturated heterocycles. The predicted octanol–water partition coefficient (Wildman–Crippen LogP) is 1.08. The maximum Gasteiger partial charge on any atom is 0.0192 e. The van der Waals surface area contributed by atoms with Gasteiger partial charge in [0.1, 0.15) is 0 Å². The van der Waals surface area contributed by atoms with Crippen molar-refractivity contribution in [1.29, 1.82) is 0 Å². The molecule has 2 heteroatoms. The number of rotatable bonds is 1. The normalized spacial score (nSPS) is 35.2. The minimum absolute atomic E-state index is 0.713. The van der Waals surface area contributed by atoms with Crippen LogP contribution in [0.2, 0.25) is 0 Å². The molecule has 0 aromatic heterocycles. The van der Waals surface area contributed by atoms with Crippen LogP contribution in [0.25, 0.3) is 0 Å². The Labute approximate surface area is 70.0 Å². The summed E-state index contributed by atoms with van der Waals surface area (Å²) in [5, 5.41) is 3.55. The molecule has 0 saturated carbocycles. The van der Waals surface area contributed by atoms with Crippen LogP contribution in [0.3, 0.4) is 0 Å². The van der Waals surface area contributed by atoms with Crippen LogP contribution < -0.4 is 5.32 Å². The van der Waals surface area contributed by atoms with Crippen molar-refractivity contribution in [2.75, 3.05) is 20.1 Å². The van der Waals surface area contributed by atoms with Crippen molar-refractivity contribution in [2.24, 2.45) is 0 Å². The van der Waals surface area contributed by atoms with E-state index in [9.17, 15) is 0 Å². The van der Waals surface area contributed by atoms with Gasteiger partial charge in [0, 0.05) is 18.6 Å². The molecule has 0 amide bonds. The van der Waals surface area contributed by atoms with Gasteiger partial charge >= 0.3 is 0 Å². The Hall–Kier alpha value is -0.0800. The topological polar surface area (TPSA) is 15.3 Å². The highest BCUT2D eigenvalue weighted by Gasteiger charge is 2.17. The third-order valence-corrected chi connectivity index (χ3v) is 2.75. The maximum absolute atomic E-state index is 3.55. The molecule has 1 N–H and O–H groups in total. The number of hydrogen-bond acceptors (Lipinski definition) is 2. The fourth-order valence-electron chi connectivity index (χ4n) is 1.58. The van der Waals surface area contributed by atoms with Crippen LogP contribution in [0.4, 0.5) is 0 Å². The van der Waals surface area contributed by atoms with E-state index in [1.807, 2.05) is 0 Å². The van der Waals surface area contributed by atoms with Crippen molar-refractivity contribution in [3.63, 3.8) is 0 Å². The Morgan fingerprint density at radius 3 is 2.91 bits per heavy atom. The van der Waals surface area contributed by atoms with Gasteiger partial charge in [-0.1, -0.05) is 6.92 Å². The predicted molar refractivity (Wildman–Crippen MR) is 48.8 cm³/mol. The van der Waals surface area contributed by atoms with E-state index < -0.39 is 0 Å². The van der Waals surface area contributed by atoms with Crippen LogP contribution in [0.5, 0.6) is 0 Å². The summed E-state index contributed by atoms with van der Waals surface area (Å²) in [7, 11) is 2.22. The second-order valence-corrected chi connectivity index (χ2v) is 3.64. The first-order valence-electron chi connectivity index (χ1n) is 4.67. The lowest BCUT2D eigenvalue weighted by molar-refractivity contribution is 0.251. The number of nitrogens with zero attached hydrogens (tertiary/aromatic N) is 1. The van der Waals surface area contributed by atoms with Crippen LogP contribution in [0.15, 0.2) is 0 Å². The molecule has 2 atom stereocenters. The molecule has 1 aliphatic heterocycles. The van der Waals surface area contributed by atoms with E-state index >= 15 is 0 Å². The van der Waals surface area contributed by atoms with Gasteiger partial charge in [0.15, 0.2) is 0 Å². The second-order valence-electron chi connectivity index (χ2n) is 3.64. The maximum atomic E-state index is 3.55. The lowest BCUT2D eigenvalue weighted by Crippen LogP contribution is -2.37. The first kappa shape index (κ1) is 9.01. The van der Waals surface area contributed by atoms with Crippen LogP contribution in [-0.2, 0) is 0 Å². The zero-order valence-electron chi connectivity index (χ0n) is 7.93. The van der Waals surface area contributed by atoms with E-state index in [2.05, 4.69) is 31.1 Å². The second kappa shape index (κ2) is 4.07.